The van der Waals surface area contributed by atoms with E-state index in [-0.39, 0.29) is 37.6 Å². The van der Waals surface area contributed by atoms with Crippen molar-refractivity contribution < 1.29 is 23.1 Å². The number of rotatable bonds is 8. The van der Waals surface area contributed by atoms with E-state index >= 15 is 0 Å². The van der Waals surface area contributed by atoms with Gasteiger partial charge in [0.1, 0.15) is 0 Å². The van der Waals surface area contributed by atoms with E-state index in [1.807, 2.05) is 0 Å². The Hall–Kier alpha value is -1.02. The fourth-order valence-electron chi connectivity index (χ4n) is 1.88. The molecule has 0 saturated heterocycles. The van der Waals surface area contributed by atoms with E-state index in [2.05, 4.69) is 5.32 Å². The van der Waals surface area contributed by atoms with Crippen LogP contribution in [0, 0.1) is 0 Å². The quantitative estimate of drug-likeness (QED) is 0.733. The third-order valence-electron chi connectivity index (χ3n) is 2.89. The first kappa shape index (κ1) is 20.0. The molecule has 0 aliphatic carbocycles. The molecule has 1 amide bonds. The summed E-state index contributed by atoms with van der Waals surface area (Å²) in [6.45, 7) is -1.36. The van der Waals surface area contributed by atoms with Crippen molar-refractivity contribution in [2.45, 2.75) is 19.0 Å². The molecule has 0 aromatic heterocycles. The number of halogens is 5. The van der Waals surface area contributed by atoms with Crippen LogP contribution in [0.5, 0.6) is 0 Å². The van der Waals surface area contributed by atoms with Crippen LogP contribution >= 0.6 is 23.2 Å². The zero-order valence-corrected chi connectivity index (χ0v) is 13.7. The summed E-state index contributed by atoms with van der Waals surface area (Å²) < 4.78 is 37.4. The smallest absolute Gasteiger partial charge is 0.396 e. The topological polar surface area (TPSA) is 52.6 Å². The van der Waals surface area contributed by atoms with E-state index in [4.69, 9.17) is 28.3 Å². The number of nitrogens with one attached hydrogen (secondary N) is 1. The first-order chi connectivity index (χ1) is 10.7. The number of hydrogen-bond acceptors (Lipinski definition) is 3. The molecule has 0 aliphatic heterocycles. The number of amides is 1. The second-order valence-electron chi connectivity index (χ2n) is 4.89. The van der Waals surface area contributed by atoms with Gasteiger partial charge >= 0.3 is 6.18 Å². The summed E-state index contributed by atoms with van der Waals surface area (Å²) in [5.41, 5.74) is 0.307. The van der Waals surface area contributed by atoms with Crippen LogP contribution in [0.4, 0.5) is 18.9 Å². The molecule has 0 fully saturated rings. The third-order valence-corrected chi connectivity index (χ3v) is 3.46. The van der Waals surface area contributed by atoms with Crippen molar-refractivity contribution in [1.29, 1.82) is 0 Å². The van der Waals surface area contributed by atoms with Gasteiger partial charge in [0.2, 0.25) is 5.91 Å². The van der Waals surface area contributed by atoms with Crippen LogP contribution in [0.1, 0.15) is 12.8 Å². The van der Waals surface area contributed by atoms with Gasteiger partial charge in [0.25, 0.3) is 0 Å². The van der Waals surface area contributed by atoms with Crippen LogP contribution in [0.2, 0.25) is 10.0 Å². The van der Waals surface area contributed by atoms with Crippen LogP contribution in [-0.4, -0.2) is 48.3 Å². The summed E-state index contributed by atoms with van der Waals surface area (Å²) in [6, 6.07) is 4.53. The number of hydrogen-bond donors (Lipinski definition) is 2. The summed E-state index contributed by atoms with van der Waals surface area (Å²) in [4.78, 5) is 12.9. The van der Waals surface area contributed by atoms with Crippen LogP contribution in [0.25, 0.3) is 0 Å². The average Bonchev–Trinajstić information content (AvgIpc) is 2.44. The van der Waals surface area contributed by atoms with E-state index in [9.17, 15) is 18.0 Å². The summed E-state index contributed by atoms with van der Waals surface area (Å²) >= 11 is 11.7. The number of nitrogens with zero attached hydrogens (tertiary/aromatic N) is 1. The number of aliphatic hydroxyl groups is 1. The van der Waals surface area contributed by atoms with Crippen molar-refractivity contribution in [3.63, 3.8) is 0 Å². The Morgan fingerprint density at radius 1 is 1.26 bits per heavy atom. The standard InChI is InChI=1S/C14H17Cl2F3N2O2/c15-10-2-3-11(16)12(8-10)20-13(23)4-6-21(5-1-7-22)9-14(17,18)19/h2-3,8,22H,1,4-7,9H2,(H,20,23). The minimum atomic E-state index is -4.36. The van der Waals surface area contributed by atoms with Gasteiger partial charge in [0.15, 0.2) is 0 Å². The van der Waals surface area contributed by atoms with Gasteiger partial charge in [-0.15, -0.1) is 0 Å². The molecule has 0 atom stereocenters. The maximum absolute atomic E-state index is 12.5. The molecule has 0 aliphatic rings. The molecule has 1 aromatic rings. The van der Waals surface area contributed by atoms with Crippen molar-refractivity contribution in [2.75, 3.05) is 31.6 Å². The van der Waals surface area contributed by atoms with Gasteiger partial charge in [-0.1, -0.05) is 23.2 Å². The Kier molecular flexibility index (Phi) is 8.11. The maximum Gasteiger partial charge on any atom is 0.401 e. The predicted octanol–water partition coefficient (Wildman–Crippen LogP) is 3.57. The van der Waals surface area contributed by atoms with Crippen molar-refractivity contribution >= 4 is 34.8 Å². The molecule has 130 valence electrons. The fourth-order valence-corrected chi connectivity index (χ4v) is 2.22. The Balaban J connectivity index is 2.55. The molecule has 0 bridgehead atoms. The summed E-state index contributed by atoms with van der Waals surface area (Å²) in [7, 11) is 0. The largest absolute Gasteiger partial charge is 0.401 e. The lowest BCUT2D eigenvalue weighted by molar-refractivity contribution is -0.147. The van der Waals surface area contributed by atoms with Gasteiger partial charge < -0.3 is 10.4 Å². The highest BCUT2D eigenvalue weighted by Gasteiger charge is 2.30. The van der Waals surface area contributed by atoms with Gasteiger partial charge in [0, 0.05) is 31.1 Å². The molecule has 0 heterocycles. The van der Waals surface area contributed by atoms with Gasteiger partial charge in [0.05, 0.1) is 17.3 Å². The van der Waals surface area contributed by atoms with E-state index in [0.717, 1.165) is 4.90 Å². The minimum Gasteiger partial charge on any atom is -0.396 e. The number of carbonyl (C=O) groups is 1. The molecule has 0 unspecified atom stereocenters. The fraction of sp³-hybridized carbons (Fsp3) is 0.500. The van der Waals surface area contributed by atoms with Gasteiger partial charge in [-0.05, 0) is 24.6 Å². The highest BCUT2D eigenvalue weighted by molar-refractivity contribution is 6.35. The number of alkyl halides is 3. The number of carbonyl (C=O) groups excluding carboxylic acids is 1. The van der Waals surface area contributed by atoms with Gasteiger partial charge in [-0.2, -0.15) is 13.2 Å². The van der Waals surface area contributed by atoms with E-state index in [0.29, 0.717) is 10.7 Å². The molecule has 9 heteroatoms. The highest BCUT2D eigenvalue weighted by Crippen LogP contribution is 2.25. The molecule has 23 heavy (non-hydrogen) atoms. The number of aliphatic hydroxyl groups excluding tert-OH is 1. The third kappa shape index (κ3) is 8.41. The van der Waals surface area contributed by atoms with Crippen LogP contribution in [0.3, 0.4) is 0 Å². The minimum absolute atomic E-state index is 0.0568. The average molecular weight is 373 g/mol. The van der Waals surface area contributed by atoms with Gasteiger partial charge in [-0.3, -0.25) is 9.69 Å². The second kappa shape index (κ2) is 9.32. The van der Waals surface area contributed by atoms with E-state index < -0.39 is 18.6 Å². The summed E-state index contributed by atoms with van der Waals surface area (Å²) in [5, 5.41) is 11.9. The molecular formula is C14H17Cl2F3N2O2. The summed E-state index contributed by atoms with van der Waals surface area (Å²) in [5.74, 6) is -0.467. The number of benzene rings is 1. The van der Waals surface area contributed by atoms with Crippen molar-refractivity contribution in [3.05, 3.63) is 28.2 Å². The molecule has 0 spiro atoms. The molecule has 1 aromatic carbocycles. The second-order valence-corrected chi connectivity index (χ2v) is 5.73. The SMILES string of the molecule is O=C(CCN(CCCO)CC(F)(F)F)Nc1cc(Cl)ccc1Cl. The lowest BCUT2D eigenvalue weighted by Crippen LogP contribution is -2.37. The van der Waals surface area contributed by atoms with E-state index in [1.165, 1.54) is 12.1 Å². The Bertz CT molecular complexity index is 527. The predicted molar refractivity (Wildman–Crippen MR) is 83.9 cm³/mol. The van der Waals surface area contributed by atoms with Crippen LogP contribution in [-0.2, 0) is 4.79 Å². The zero-order chi connectivity index (χ0) is 17.5. The number of anilines is 1. The Labute approximate surface area is 142 Å². The van der Waals surface area contributed by atoms with Crippen LogP contribution < -0.4 is 5.32 Å². The van der Waals surface area contributed by atoms with Crippen LogP contribution in [0.15, 0.2) is 18.2 Å². The molecule has 0 saturated carbocycles. The monoisotopic (exact) mass is 372 g/mol. The summed E-state index contributed by atoms with van der Waals surface area (Å²) in [6.07, 6.45) is -4.29. The maximum atomic E-state index is 12.5. The first-order valence-electron chi connectivity index (χ1n) is 6.86. The highest BCUT2D eigenvalue weighted by atomic mass is 35.5. The zero-order valence-electron chi connectivity index (χ0n) is 12.2. The normalized spacial score (nSPS) is 11.8. The Morgan fingerprint density at radius 2 is 1.96 bits per heavy atom. The van der Waals surface area contributed by atoms with Gasteiger partial charge in [-0.25, -0.2) is 0 Å². The van der Waals surface area contributed by atoms with E-state index in [1.54, 1.807) is 6.07 Å². The Morgan fingerprint density at radius 3 is 2.57 bits per heavy atom. The molecular weight excluding hydrogens is 356 g/mol. The van der Waals surface area contributed by atoms with Crippen molar-refractivity contribution in [1.82, 2.24) is 4.90 Å². The first-order valence-corrected chi connectivity index (χ1v) is 7.62. The molecule has 0 radical (unpaired) electrons. The lowest BCUT2D eigenvalue weighted by atomic mass is 10.3. The molecule has 1 rings (SSSR count). The molecule has 2 N–H and O–H groups in total. The lowest BCUT2D eigenvalue weighted by Gasteiger charge is -2.23. The molecule has 4 nitrogen and oxygen atoms in total. The van der Waals surface area contributed by atoms with Crippen molar-refractivity contribution in [2.24, 2.45) is 0 Å². The van der Waals surface area contributed by atoms with Crippen molar-refractivity contribution in [3.8, 4) is 0 Å².